The Morgan fingerprint density at radius 2 is 0.506 bits per heavy atom. The topological polar surface area (TPSA) is 78.9 Å². The van der Waals surface area contributed by atoms with Crippen molar-refractivity contribution in [1.82, 2.24) is 0 Å². The molecule has 0 amide bonds. The van der Waals surface area contributed by atoms with Crippen molar-refractivity contribution in [2.45, 2.75) is 335 Å². The maximum absolute atomic E-state index is 12.9. The van der Waals surface area contributed by atoms with Crippen molar-refractivity contribution in [2.24, 2.45) is 0 Å². The number of hydrogen-bond donors (Lipinski definition) is 0. The van der Waals surface area contributed by atoms with Gasteiger partial charge >= 0.3 is 17.9 Å². The number of carbonyl (C=O) groups excluding carboxylic acids is 3. The first kappa shape index (κ1) is 73.6. The molecule has 0 saturated heterocycles. The van der Waals surface area contributed by atoms with E-state index in [2.05, 4.69) is 106 Å². The summed E-state index contributed by atoms with van der Waals surface area (Å²) in [6, 6.07) is 0. The molecule has 77 heavy (non-hydrogen) atoms. The molecule has 0 aromatic carbocycles. The lowest BCUT2D eigenvalue weighted by atomic mass is 10.0. The smallest absolute Gasteiger partial charge is 0.306 e. The third-order valence-electron chi connectivity index (χ3n) is 14.4. The SMILES string of the molecule is CC/C=C\C/C=C\C/C=C\C/C=C\C/C=C\CCCCCCCCCCCCCCCCCC(=O)OCC(COC(=O)CCCCCCCCCCCCC)OC(=O)CCCCCCCCC/C=C\C/C=C\CCCCC. The highest BCUT2D eigenvalue weighted by Gasteiger charge is 2.19. The molecule has 0 rings (SSSR count). The van der Waals surface area contributed by atoms with E-state index in [1.165, 1.54) is 186 Å². The maximum Gasteiger partial charge on any atom is 0.306 e. The van der Waals surface area contributed by atoms with Crippen molar-refractivity contribution >= 4 is 17.9 Å². The average Bonchev–Trinajstić information content (AvgIpc) is 3.43. The molecular weight excluding hydrogens is 949 g/mol. The van der Waals surface area contributed by atoms with Gasteiger partial charge in [-0.1, -0.05) is 298 Å². The molecule has 6 heteroatoms. The quantitative estimate of drug-likeness (QED) is 0.0261. The highest BCUT2D eigenvalue weighted by molar-refractivity contribution is 5.71. The first-order chi connectivity index (χ1) is 38.0. The second-order valence-corrected chi connectivity index (χ2v) is 22.0. The van der Waals surface area contributed by atoms with E-state index in [0.717, 1.165) is 103 Å². The number of allylic oxidation sites excluding steroid dienone is 14. The number of unbranched alkanes of at least 4 members (excludes halogenated alkanes) is 35. The van der Waals surface area contributed by atoms with Gasteiger partial charge in [-0.2, -0.15) is 0 Å². The van der Waals surface area contributed by atoms with Crippen molar-refractivity contribution < 1.29 is 28.6 Å². The van der Waals surface area contributed by atoms with Crippen LogP contribution in [0.3, 0.4) is 0 Å². The Morgan fingerprint density at radius 3 is 0.818 bits per heavy atom. The van der Waals surface area contributed by atoms with Crippen LogP contribution in [0.15, 0.2) is 85.1 Å². The summed E-state index contributed by atoms with van der Waals surface area (Å²) in [6.45, 7) is 6.52. The van der Waals surface area contributed by atoms with E-state index < -0.39 is 6.10 Å². The van der Waals surface area contributed by atoms with Gasteiger partial charge in [-0.25, -0.2) is 0 Å². The molecule has 0 heterocycles. The highest BCUT2D eigenvalue weighted by atomic mass is 16.6. The molecule has 0 aliphatic heterocycles. The third kappa shape index (κ3) is 63.3. The van der Waals surface area contributed by atoms with Crippen LogP contribution in [-0.2, 0) is 28.6 Å². The van der Waals surface area contributed by atoms with Crippen molar-refractivity contribution in [2.75, 3.05) is 13.2 Å². The van der Waals surface area contributed by atoms with E-state index in [4.69, 9.17) is 14.2 Å². The standard InChI is InChI=1S/C71H124O6/c1-4-7-10-13-16-19-22-24-26-28-29-30-31-32-33-34-35-36-37-38-39-40-41-43-44-46-49-52-55-58-61-64-70(73)76-67-68(66-75-69(72)63-60-57-54-51-48-21-18-15-12-9-6-3)77-71(74)65-62-59-56-53-50-47-45-42-27-25-23-20-17-14-11-8-5-2/h7,10,16-17,19-20,24-27,29-30,32-33,68H,4-6,8-9,11-15,18,21-23,28,31,34-67H2,1-3H3/b10-7-,19-16-,20-17-,26-24-,27-25-,30-29-,33-32-. The van der Waals surface area contributed by atoms with Crippen molar-refractivity contribution in [3.8, 4) is 0 Å². The summed E-state index contributed by atoms with van der Waals surface area (Å²) in [7, 11) is 0. The zero-order valence-corrected chi connectivity index (χ0v) is 51.0. The first-order valence-electron chi connectivity index (χ1n) is 33.1. The Bertz CT molecular complexity index is 1470. The second-order valence-electron chi connectivity index (χ2n) is 22.0. The average molecular weight is 1070 g/mol. The van der Waals surface area contributed by atoms with E-state index in [1.54, 1.807) is 0 Å². The first-order valence-corrected chi connectivity index (χ1v) is 33.1. The summed E-state index contributed by atoms with van der Waals surface area (Å²) in [6.07, 6.45) is 86.0. The van der Waals surface area contributed by atoms with Gasteiger partial charge in [0.1, 0.15) is 13.2 Å². The number of carbonyl (C=O) groups is 3. The molecule has 0 aromatic heterocycles. The molecule has 0 radical (unpaired) electrons. The fraction of sp³-hybridized carbons (Fsp3) is 0.761. The van der Waals surface area contributed by atoms with Crippen LogP contribution >= 0.6 is 0 Å². The van der Waals surface area contributed by atoms with Gasteiger partial charge in [-0.05, 0) is 96.3 Å². The molecule has 0 aliphatic rings. The lowest BCUT2D eigenvalue weighted by molar-refractivity contribution is -0.167. The van der Waals surface area contributed by atoms with Gasteiger partial charge in [0, 0.05) is 19.3 Å². The van der Waals surface area contributed by atoms with E-state index in [9.17, 15) is 14.4 Å². The second kappa shape index (κ2) is 65.1. The van der Waals surface area contributed by atoms with Gasteiger partial charge in [-0.3, -0.25) is 14.4 Å². The molecule has 0 aliphatic carbocycles. The minimum absolute atomic E-state index is 0.0751. The van der Waals surface area contributed by atoms with E-state index in [0.29, 0.717) is 19.3 Å². The molecule has 444 valence electrons. The third-order valence-corrected chi connectivity index (χ3v) is 14.4. The Labute approximate surface area is 477 Å². The van der Waals surface area contributed by atoms with Gasteiger partial charge < -0.3 is 14.2 Å². The van der Waals surface area contributed by atoms with Crippen LogP contribution in [0, 0.1) is 0 Å². The fourth-order valence-electron chi connectivity index (χ4n) is 9.44. The number of esters is 3. The number of ether oxygens (including phenoxy) is 3. The summed E-state index contributed by atoms with van der Waals surface area (Å²) in [5, 5.41) is 0. The zero-order valence-electron chi connectivity index (χ0n) is 51.0. The Balaban J connectivity index is 4.17. The number of rotatable bonds is 60. The van der Waals surface area contributed by atoms with E-state index >= 15 is 0 Å². The van der Waals surface area contributed by atoms with Gasteiger partial charge in [0.2, 0.25) is 0 Å². The van der Waals surface area contributed by atoms with Crippen molar-refractivity contribution in [1.29, 1.82) is 0 Å². The maximum atomic E-state index is 12.9. The summed E-state index contributed by atoms with van der Waals surface area (Å²) in [4.78, 5) is 38.3. The van der Waals surface area contributed by atoms with Crippen LogP contribution in [0.5, 0.6) is 0 Å². The Kier molecular flexibility index (Phi) is 62.2. The highest BCUT2D eigenvalue weighted by Crippen LogP contribution is 2.17. The predicted octanol–water partition coefficient (Wildman–Crippen LogP) is 22.7. The van der Waals surface area contributed by atoms with Crippen LogP contribution in [0.25, 0.3) is 0 Å². The summed E-state index contributed by atoms with van der Waals surface area (Å²) < 4.78 is 16.9. The summed E-state index contributed by atoms with van der Waals surface area (Å²) >= 11 is 0. The largest absolute Gasteiger partial charge is 0.462 e. The van der Waals surface area contributed by atoms with Crippen molar-refractivity contribution in [3.63, 3.8) is 0 Å². The molecule has 1 atom stereocenters. The molecular formula is C71H124O6. The van der Waals surface area contributed by atoms with Crippen LogP contribution in [0.2, 0.25) is 0 Å². The monoisotopic (exact) mass is 1070 g/mol. The van der Waals surface area contributed by atoms with Gasteiger partial charge in [0.05, 0.1) is 0 Å². The van der Waals surface area contributed by atoms with Crippen LogP contribution in [0.1, 0.15) is 329 Å². The lowest BCUT2D eigenvalue weighted by Crippen LogP contribution is -2.30. The van der Waals surface area contributed by atoms with Crippen LogP contribution in [-0.4, -0.2) is 37.2 Å². The Morgan fingerprint density at radius 1 is 0.273 bits per heavy atom. The Hall–Kier alpha value is -3.41. The van der Waals surface area contributed by atoms with E-state index in [-0.39, 0.29) is 31.1 Å². The van der Waals surface area contributed by atoms with Crippen LogP contribution in [0.4, 0.5) is 0 Å². The van der Waals surface area contributed by atoms with Crippen LogP contribution < -0.4 is 0 Å². The summed E-state index contributed by atoms with van der Waals surface area (Å²) in [5.74, 6) is -0.869. The summed E-state index contributed by atoms with van der Waals surface area (Å²) in [5.41, 5.74) is 0. The number of hydrogen-bond acceptors (Lipinski definition) is 6. The molecule has 0 saturated carbocycles. The zero-order chi connectivity index (χ0) is 55.7. The molecule has 0 N–H and O–H groups in total. The molecule has 1 unspecified atom stereocenters. The normalized spacial score (nSPS) is 12.6. The molecule has 0 spiro atoms. The van der Waals surface area contributed by atoms with Gasteiger partial charge in [-0.15, -0.1) is 0 Å². The van der Waals surface area contributed by atoms with E-state index in [1.807, 2.05) is 0 Å². The van der Waals surface area contributed by atoms with Gasteiger partial charge in [0.15, 0.2) is 6.10 Å². The fourth-order valence-corrected chi connectivity index (χ4v) is 9.44. The van der Waals surface area contributed by atoms with Crippen molar-refractivity contribution in [3.05, 3.63) is 85.1 Å². The minimum atomic E-state index is -0.778. The molecule has 0 aromatic rings. The predicted molar refractivity (Wildman–Crippen MR) is 334 cm³/mol. The molecule has 0 fully saturated rings. The lowest BCUT2D eigenvalue weighted by Gasteiger charge is -2.18. The minimum Gasteiger partial charge on any atom is -0.462 e. The van der Waals surface area contributed by atoms with Gasteiger partial charge in [0.25, 0.3) is 0 Å². The molecule has 6 nitrogen and oxygen atoms in total. The molecule has 0 bridgehead atoms.